The number of ether oxygens (including phenoxy) is 6. The van der Waals surface area contributed by atoms with E-state index in [-0.39, 0.29) is 48.0 Å². The number of amides is 1. The smallest absolute Gasteiger partial charge is 0.297 e. The summed E-state index contributed by atoms with van der Waals surface area (Å²) in [5.41, 5.74) is 2.01. The van der Waals surface area contributed by atoms with E-state index in [1.54, 1.807) is 31.4 Å². The maximum atomic E-state index is 12.7. The van der Waals surface area contributed by atoms with Crippen LogP contribution in [0, 0.1) is 6.92 Å². The first-order chi connectivity index (χ1) is 28.0. The van der Waals surface area contributed by atoms with E-state index in [0.29, 0.717) is 93.9 Å². The molecule has 316 valence electrons. The van der Waals surface area contributed by atoms with Crippen LogP contribution in [-0.2, 0) is 49.8 Å². The van der Waals surface area contributed by atoms with E-state index in [9.17, 15) is 18.0 Å². The van der Waals surface area contributed by atoms with Crippen LogP contribution < -0.4 is 25.8 Å². The summed E-state index contributed by atoms with van der Waals surface area (Å²) in [6.07, 6.45) is 3.28. The number of carbonyl (C=O) groups is 1. The van der Waals surface area contributed by atoms with Crippen LogP contribution in [0.25, 0.3) is 10.9 Å². The second kappa shape index (κ2) is 22.7. The first-order valence-corrected chi connectivity index (χ1v) is 20.7. The molecule has 0 bridgehead atoms. The third-order valence-electron chi connectivity index (χ3n) is 9.02. The number of pyridine rings is 1. The lowest BCUT2D eigenvalue weighted by Crippen LogP contribution is -2.38. The van der Waals surface area contributed by atoms with Crippen molar-refractivity contribution in [1.82, 2.24) is 19.9 Å². The molecule has 1 saturated heterocycles. The summed E-state index contributed by atoms with van der Waals surface area (Å²) in [4.78, 5) is 35.8. The molecule has 1 aliphatic heterocycles. The second-order valence-electron chi connectivity index (χ2n) is 13.2. The number of aromatic nitrogens is 3. The Labute approximate surface area is 343 Å². The largest absolute Gasteiger partial charge is 0.478 e. The summed E-state index contributed by atoms with van der Waals surface area (Å²) in [5, 5.41) is 6.82. The average molecular weight is 847 g/mol. The van der Waals surface area contributed by atoms with Crippen molar-refractivity contribution in [1.29, 1.82) is 0 Å². The molecule has 2 N–H and O–H groups in total. The van der Waals surface area contributed by atoms with Crippen LogP contribution in [0.2, 0.25) is 5.02 Å². The number of nitrogens with one attached hydrogen (secondary N) is 2. The molecule has 1 aliphatic rings. The molecule has 2 aromatic heterocycles. The fourth-order valence-corrected chi connectivity index (χ4v) is 6.85. The van der Waals surface area contributed by atoms with Crippen LogP contribution in [0.3, 0.4) is 0 Å². The summed E-state index contributed by atoms with van der Waals surface area (Å²) in [5.74, 6) is 0.722. The zero-order chi connectivity index (χ0) is 41.3. The van der Waals surface area contributed by atoms with Gasteiger partial charge in [0.15, 0.2) is 18.2 Å². The van der Waals surface area contributed by atoms with Crippen molar-refractivity contribution in [3.63, 3.8) is 0 Å². The van der Waals surface area contributed by atoms with Gasteiger partial charge in [-0.1, -0.05) is 29.3 Å². The van der Waals surface area contributed by atoms with Gasteiger partial charge < -0.3 is 48.5 Å². The zero-order valence-corrected chi connectivity index (χ0v) is 34.5. The first kappa shape index (κ1) is 44.7. The van der Waals surface area contributed by atoms with E-state index in [0.717, 1.165) is 23.8 Å². The summed E-state index contributed by atoms with van der Waals surface area (Å²) in [7, 11) is -0.653. The molecule has 0 aliphatic carbocycles. The van der Waals surface area contributed by atoms with Gasteiger partial charge in [0, 0.05) is 38.3 Å². The van der Waals surface area contributed by atoms with Crippen molar-refractivity contribution < 1.29 is 45.8 Å². The molecule has 0 saturated carbocycles. The standard InChI is InChI=1S/C39H51ClN6O11S/c1-28-4-7-32(8-5-28)58(49,50)57-23-21-54-19-17-52-15-14-51-16-18-53-20-22-55-31-10-12-46(13-11-31)39-42-26-33(40)37(44-39)43-30-6-9-34-29(24-30)25-35(38(48)45(34)3)56-27-36(47)41-2/h4-9,24-26,31H,10-23,27H2,1-3H3,(H,41,47)(H,42,43,44). The van der Waals surface area contributed by atoms with Crippen LogP contribution in [0.15, 0.2) is 64.4 Å². The lowest BCUT2D eigenvalue weighted by molar-refractivity contribution is -0.122. The number of rotatable bonds is 24. The Bertz CT molecular complexity index is 2100. The number of fused-ring (bicyclic) bond motifs is 1. The Morgan fingerprint density at radius 3 is 2.14 bits per heavy atom. The Hall–Kier alpha value is -4.40. The quantitative estimate of drug-likeness (QED) is 0.0768. The molecule has 58 heavy (non-hydrogen) atoms. The molecule has 1 amide bonds. The van der Waals surface area contributed by atoms with E-state index in [4.69, 9.17) is 49.2 Å². The number of hydrogen-bond acceptors (Lipinski definition) is 15. The maximum Gasteiger partial charge on any atom is 0.297 e. The number of likely N-dealkylation sites (N-methyl/N-ethyl adjacent to an activating group) is 1. The minimum Gasteiger partial charge on any atom is -0.478 e. The molecule has 17 nitrogen and oxygen atoms in total. The van der Waals surface area contributed by atoms with E-state index in [2.05, 4.69) is 20.5 Å². The Morgan fingerprint density at radius 1 is 0.879 bits per heavy atom. The van der Waals surface area contributed by atoms with Gasteiger partial charge in [0.2, 0.25) is 5.95 Å². The van der Waals surface area contributed by atoms with Crippen LogP contribution in [0.5, 0.6) is 5.75 Å². The fourth-order valence-electron chi connectivity index (χ4n) is 5.82. The Balaban J connectivity index is 0.906. The second-order valence-corrected chi connectivity index (χ2v) is 15.2. The number of benzene rings is 2. The van der Waals surface area contributed by atoms with Crippen molar-refractivity contribution in [2.24, 2.45) is 7.05 Å². The van der Waals surface area contributed by atoms with Crippen molar-refractivity contribution in [2.75, 3.05) is 103 Å². The molecule has 1 fully saturated rings. The zero-order valence-electron chi connectivity index (χ0n) is 32.9. The minimum absolute atomic E-state index is 0.0695. The molecule has 2 aromatic carbocycles. The molecule has 0 unspecified atom stereocenters. The van der Waals surface area contributed by atoms with E-state index < -0.39 is 10.1 Å². The molecule has 4 aromatic rings. The molecule has 3 heterocycles. The van der Waals surface area contributed by atoms with Gasteiger partial charge in [-0.25, -0.2) is 4.98 Å². The van der Waals surface area contributed by atoms with Gasteiger partial charge in [0.05, 0.1) is 88.8 Å². The summed E-state index contributed by atoms with van der Waals surface area (Å²) >= 11 is 6.49. The van der Waals surface area contributed by atoms with Gasteiger partial charge in [0.25, 0.3) is 21.6 Å². The highest BCUT2D eigenvalue weighted by Crippen LogP contribution is 2.29. The summed E-state index contributed by atoms with van der Waals surface area (Å²) in [6.45, 7) is 6.38. The summed E-state index contributed by atoms with van der Waals surface area (Å²) < 4.78 is 64.3. The third kappa shape index (κ3) is 13.6. The van der Waals surface area contributed by atoms with E-state index >= 15 is 0 Å². The highest BCUT2D eigenvalue weighted by atomic mass is 35.5. The van der Waals surface area contributed by atoms with E-state index in [1.165, 1.54) is 23.7 Å². The fraction of sp³-hybridized carbons (Fsp3) is 0.487. The molecule has 0 atom stereocenters. The number of anilines is 3. The Kier molecular flexibility index (Phi) is 17.5. The maximum absolute atomic E-state index is 12.7. The lowest BCUT2D eigenvalue weighted by atomic mass is 10.1. The monoisotopic (exact) mass is 846 g/mol. The van der Waals surface area contributed by atoms with Gasteiger partial charge in [-0.2, -0.15) is 13.4 Å². The molecule has 0 radical (unpaired) electrons. The van der Waals surface area contributed by atoms with Gasteiger partial charge in [-0.3, -0.25) is 13.8 Å². The highest BCUT2D eigenvalue weighted by Gasteiger charge is 2.22. The number of hydrogen-bond donors (Lipinski definition) is 2. The SMILES string of the molecule is CNC(=O)COc1cc2cc(Nc3nc(N4CCC(OCCOCCOCCOCCOCCOS(=O)(=O)c5ccc(C)cc5)CC4)ncc3Cl)ccc2n(C)c1=O. The predicted molar refractivity (Wildman–Crippen MR) is 218 cm³/mol. The Morgan fingerprint density at radius 2 is 1.50 bits per heavy atom. The van der Waals surface area contributed by atoms with Gasteiger partial charge in [-0.15, -0.1) is 0 Å². The topological polar surface area (TPSA) is 191 Å². The number of halogens is 1. The van der Waals surface area contributed by atoms with Crippen molar-refractivity contribution in [3.8, 4) is 5.75 Å². The van der Waals surface area contributed by atoms with E-state index in [1.807, 2.05) is 25.1 Å². The average Bonchev–Trinajstić information content (AvgIpc) is 3.22. The van der Waals surface area contributed by atoms with Crippen LogP contribution in [0.1, 0.15) is 18.4 Å². The molecule has 19 heteroatoms. The minimum atomic E-state index is -3.80. The van der Waals surface area contributed by atoms with Crippen molar-refractivity contribution in [3.05, 3.63) is 75.7 Å². The van der Waals surface area contributed by atoms with Gasteiger partial charge in [0.1, 0.15) is 5.02 Å². The van der Waals surface area contributed by atoms with Crippen molar-refractivity contribution in [2.45, 2.75) is 30.8 Å². The molecule has 0 spiro atoms. The number of aryl methyl sites for hydroxylation is 2. The van der Waals surface area contributed by atoms with Gasteiger partial charge in [-0.05, 0) is 56.2 Å². The molecule has 5 rings (SSSR count). The summed E-state index contributed by atoms with van der Waals surface area (Å²) in [6, 6.07) is 13.6. The third-order valence-corrected chi connectivity index (χ3v) is 10.6. The number of piperidine rings is 1. The number of nitrogens with zero attached hydrogens (tertiary/aromatic N) is 4. The van der Waals surface area contributed by atoms with Crippen molar-refractivity contribution >= 4 is 56.0 Å². The molecular formula is C39H51ClN6O11S. The first-order valence-electron chi connectivity index (χ1n) is 18.9. The van der Waals surface area contributed by atoms with Crippen LogP contribution in [0.4, 0.5) is 17.5 Å². The van der Waals surface area contributed by atoms with Crippen LogP contribution in [-0.4, -0.2) is 128 Å². The number of carbonyl (C=O) groups excluding carboxylic acids is 1. The van der Waals surface area contributed by atoms with Crippen LogP contribution >= 0.6 is 11.6 Å². The normalized spacial score (nSPS) is 13.6. The highest BCUT2D eigenvalue weighted by molar-refractivity contribution is 7.86. The lowest BCUT2D eigenvalue weighted by Gasteiger charge is -2.32. The van der Waals surface area contributed by atoms with Gasteiger partial charge >= 0.3 is 0 Å². The molecular weight excluding hydrogens is 796 g/mol. The predicted octanol–water partition coefficient (Wildman–Crippen LogP) is 3.62.